The Morgan fingerprint density at radius 3 is 2.83 bits per heavy atom. The first-order valence-electron chi connectivity index (χ1n) is 8.65. The Bertz CT molecular complexity index is 1130. The second-order valence-corrected chi connectivity index (χ2v) is 9.02. The average Bonchev–Trinajstić information content (AvgIpc) is 3.37. The number of hydrogen-bond acceptors (Lipinski definition) is 11. The Kier molecular flexibility index (Phi) is 6.13. The monoisotopic (exact) mass is 460 g/mol. The van der Waals surface area contributed by atoms with Crippen LogP contribution in [-0.2, 0) is 0 Å². The highest BCUT2D eigenvalue weighted by atomic mass is 32.2. The van der Waals surface area contributed by atoms with Crippen LogP contribution in [0.25, 0.3) is 0 Å². The number of pyridine rings is 1. The van der Waals surface area contributed by atoms with Gasteiger partial charge in [0.2, 0.25) is 5.13 Å². The molecule has 3 aromatic heterocycles. The smallest absolute Gasteiger partial charge is 0.277 e. The highest BCUT2D eigenvalue weighted by molar-refractivity contribution is 8.03. The van der Waals surface area contributed by atoms with Crippen molar-refractivity contribution in [3.8, 4) is 0 Å². The molecule has 0 aromatic carbocycles. The van der Waals surface area contributed by atoms with E-state index in [1.54, 1.807) is 6.92 Å². The van der Waals surface area contributed by atoms with E-state index in [0.29, 0.717) is 32.6 Å². The molecule has 0 aliphatic carbocycles. The average molecular weight is 461 g/mol. The van der Waals surface area contributed by atoms with E-state index < -0.39 is 5.91 Å². The minimum atomic E-state index is -0.391. The van der Waals surface area contributed by atoms with Crippen molar-refractivity contribution in [3.05, 3.63) is 52.7 Å². The summed E-state index contributed by atoms with van der Waals surface area (Å²) >= 11 is 3.74. The highest BCUT2D eigenvalue weighted by Crippen LogP contribution is 2.34. The largest absolute Gasteiger partial charge is 0.295 e. The summed E-state index contributed by atoms with van der Waals surface area (Å²) in [6.07, 6.45) is 5.14. The molecule has 0 spiro atoms. The molecule has 3 aromatic rings. The molecular formula is C17H16N8O2S3. The maximum Gasteiger partial charge on any atom is 0.277 e. The standard InChI is InChI=1S/C17H16N8O2S3/c1-9-3-4-11(7-25(9)27)28-12-5-6-13(29-16-18-8-19-23-16)21-14(12)15(26)22-17-20-10(2)24-30-17/h3-6,8,27H,7H2,1-2H3,(H,18,19,23)(H,20,22,24,26). The SMILES string of the molecule is CC1=CC=C(Sc2ccc(Sc3ncn[nH]3)nc2C(=O)Nc2nc(C)ns2)CN1O. The lowest BCUT2D eigenvalue weighted by Crippen LogP contribution is -2.21. The fourth-order valence-corrected chi connectivity index (χ4v) is 4.63. The molecule has 0 unspecified atom stereocenters. The number of amides is 1. The molecule has 0 saturated carbocycles. The minimum absolute atomic E-state index is 0.244. The summed E-state index contributed by atoms with van der Waals surface area (Å²) in [6, 6.07) is 3.63. The summed E-state index contributed by atoms with van der Waals surface area (Å²) in [4.78, 5) is 27.3. The topological polar surface area (TPSA) is 133 Å². The van der Waals surface area contributed by atoms with Crippen molar-refractivity contribution in [2.75, 3.05) is 11.9 Å². The van der Waals surface area contributed by atoms with E-state index in [1.165, 1.54) is 29.9 Å². The molecule has 0 atom stereocenters. The Labute approximate surface area is 184 Å². The first-order chi connectivity index (χ1) is 14.5. The van der Waals surface area contributed by atoms with Crippen LogP contribution in [0.3, 0.4) is 0 Å². The van der Waals surface area contributed by atoms with Crippen LogP contribution in [0.1, 0.15) is 23.2 Å². The summed E-state index contributed by atoms with van der Waals surface area (Å²) in [7, 11) is 0. The maximum atomic E-state index is 13.0. The van der Waals surface area contributed by atoms with Gasteiger partial charge in [0.15, 0.2) is 5.16 Å². The quantitative estimate of drug-likeness (QED) is 0.503. The van der Waals surface area contributed by atoms with Crippen molar-refractivity contribution in [1.82, 2.24) is 34.6 Å². The number of nitrogens with zero attached hydrogens (tertiary/aromatic N) is 6. The number of aromatic nitrogens is 6. The molecule has 1 aliphatic heterocycles. The Morgan fingerprint density at radius 2 is 2.13 bits per heavy atom. The summed E-state index contributed by atoms with van der Waals surface area (Å²) in [5, 5.41) is 22.0. The van der Waals surface area contributed by atoms with E-state index in [0.717, 1.165) is 27.2 Å². The predicted octanol–water partition coefficient (Wildman–Crippen LogP) is 3.35. The molecule has 3 N–H and O–H groups in total. The maximum absolute atomic E-state index is 13.0. The van der Waals surface area contributed by atoms with Crippen molar-refractivity contribution in [3.63, 3.8) is 0 Å². The van der Waals surface area contributed by atoms with Gasteiger partial charge in [-0.3, -0.25) is 25.5 Å². The second-order valence-electron chi connectivity index (χ2n) is 6.09. The molecule has 30 heavy (non-hydrogen) atoms. The summed E-state index contributed by atoms with van der Waals surface area (Å²) in [5.74, 6) is 0.197. The lowest BCUT2D eigenvalue weighted by molar-refractivity contribution is -0.0458. The zero-order valence-corrected chi connectivity index (χ0v) is 18.3. The van der Waals surface area contributed by atoms with E-state index >= 15 is 0 Å². The van der Waals surface area contributed by atoms with Gasteiger partial charge in [-0.25, -0.2) is 15.0 Å². The van der Waals surface area contributed by atoms with Crippen LogP contribution >= 0.6 is 35.1 Å². The number of H-pyrrole nitrogens is 1. The molecule has 1 aliphatic rings. The molecule has 4 heterocycles. The number of hydroxylamine groups is 2. The number of aromatic amines is 1. The number of carbonyl (C=O) groups is 1. The Morgan fingerprint density at radius 1 is 1.27 bits per heavy atom. The van der Waals surface area contributed by atoms with E-state index in [4.69, 9.17) is 0 Å². The number of aryl methyl sites for hydroxylation is 1. The molecule has 1 amide bonds. The molecule has 0 bridgehead atoms. The molecule has 4 rings (SSSR count). The van der Waals surface area contributed by atoms with Gasteiger partial charge in [0, 0.05) is 27.0 Å². The molecule has 0 fully saturated rings. The van der Waals surface area contributed by atoms with Crippen LogP contribution in [0, 0.1) is 6.92 Å². The van der Waals surface area contributed by atoms with Gasteiger partial charge >= 0.3 is 0 Å². The number of anilines is 1. The van der Waals surface area contributed by atoms with E-state index in [-0.39, 0.29) is 5.69 Å². The third-order valence-corrected chi connectivity index (χ3v) is 6.48. The lowest BCUT2D eigenvalue weighted by Gasteiger charge is -2.22. The van der Waals surface area contributed by atoms with Crippen LogP contribution in [0.2, 0.25) is 0 Å². The number of thioether (sulfide) groups is 1. The van der Waals surface area contributed by atoms with Crippen molar-refractivity contribution >= 4 is 46.1 Å². The van der Waals surface area contributed by atoms with E-state index in [9.17, 15) is 10.0 Å². The first kappa shape index (κ1) is 20.5. The number of nitrogens with one attached hydrogen (secondary N) is 2. The van der Waals surface area contributed by atoms with Crippen molar-refractivity contribution in [1.29, 1.82) is 0 Å². The number of rotatable bonds is 6. The summed E-state index contributed by atoms with van der Waals surface area (Å²) in [6.45, 7) is 3.90. The Balaban J connectivity index is 1.63. The van der Waals surface area contributed by atoms with Gasteiger partial charge in [0.25, 0.3) is 5.91 Å². The van der Waals surface area contributed by atoms with Gasteiger partial charge < -0.3 is 0 Å². The molecule has 154 valence electrons. The fourth-order valence-electron chi connectivity index (χ4n) is 2.41. The fraction of sp³-hybridized carbons (Fsp3) is 0.176. The van der Waals surface area contributed by atoms with Crippen LogP contribution in [0.5, 0.6) is 0 Å². The number of allylic oxidation sites excluding steroid dienone is 3. The third kappa shape index (κ3) is 4.87. The molecule has 13 heteroatoms. The van der Waals surface area contributed by atoms with Gasteiger partial charge in [-0.1, -0.05) is 11.8 Å². The van der Waals surface area contributed by atoms with Gasteiger partial charge in [-0.05, 0) is 49.9 Å². The van der Waals surface area contributed by atoms with Crippen molar-refractivity contribution < 1.29 is 10.0 Å². The molecular weight excluding hydrogens is 444 g/mol. The van der Waals surface area contributed by atoms with Crippen molar-refractivity contribution in [2.24, 2.45) is 0 Å². The third-order valence-electron chi connectivity index (χ3n) is 3.85. The first-order valence-corrected chi connectivity index (χ1v) is 11.1. The zero-order chi connectivity index (χ0) is 21.1. The van der Waals surface area contributed by atoms with Crippen LogP contribution in [-0.4, -0.2) is 52.2 Å². The van der Waals surface area contributed by atoms with Gasteiger partial charge in [0.1, 0.15) is 22.9 Å². The normalized spacial score (nSPS) is 13.8. The van der Waals surface area contributed by atoms with Gasteiger partial charge in [-0.15, -0.1) is 0 Å². The summed E-state index contributed by atoms with van der Waals surface area (Å²) < 4.78 is 4.08. The second kappa shape index (κ2) is 8.95. The minimum Gasteiger partial charge on any atom is -0.295 e. The molecule has 10 nitrogen and oxygen atoms in total. The van der Waals surface area contributed by atoms with Gasteiger partial charge in [0.05, 0.1) is 6.54 Å². The number of hydrogen-bond donors (Lipinski definition) is 3. The van der Waals surface area contributed by atoms with Gasteiger partial charge in [-0.2, -0.15) is 9.47 Å². The van der Waals surface area contributed by atoms with Crippen LogP contribution < -0.4 is 5.32 Å². The van der Waals surface area contributed by atoms with Crippen LogP contribution in [0.4, 0.5) is 5.13 Å². The molecule has 0 saturated heterocycles. The van der Waals surface area contributed by atoms with Crippen LogP contribution in [0.15, 0.2) is 56.3 Å². The highest BCUT2D eigenvalue weighted by Gasteiger charge is 2.20. The zero-order valence-electron chi connectivity index (χ0n) is 15.9. The van der Waals surface area contributed by atoms with Crippen molar-refractivity contribution in [2.45, 2.75) is 28.9 Å². The van der Waals surface area contributed by atoms with E-state index in [2.05, 4.69) is 34.8 Å². The van der Waals surface area contributed by atoms with E-state index in [1.807, 2.05) is 31.2 Å². The molecule has 0 radical (unpaired) electrons. The predicted molar refractivity (Wildman–Crippen MR) is 114 cm³/mol. The summed E-state index contributed by atoms with van der Waals surface area (Å²) in [5.41, 5.74) is 0.995. The number of carbonyl (C=O) groups excluding carboxylic acids is 1. The Hall–Kier alpha value is -2.74. The lowest BCUT2D eigenvalue weighted by atomic mass is 10.3.